The molecule has 1 atom stereocenters. The summed E-state index contributed by atoms with van der Waals surface area (Å²) in [5.41, 5.74) is 3.47. The molecule has 6 heteroatoms. The summed E-state index contributed by atoms with van der Waals surface area (Å²) in [5.74, 6) is 0.505. The summed E-state index contributed by atoms with van der Waals surface area (Å²) in [4.78, 5) is 14.4. The second-order valence-corrected chi connectivity index (χ2v) is 8.06. The SMILES string of the molecule is CCOC(=O)C(Cc1ccc(OCCN2CC=C(c3ccccc3Cl)CC2)cc1)OCC. The fourth-order valence-corrected chi connectivity index (χ4v) is 4.01. The van der Waals surface area contributed by atoms with E-state index in [-0.39, 0.29) is 5.97 Å². The van der Waals surface area contributed by atoms with Crippen LogP contribution in [-0.4, -0.2) is 56.4 Å². The normalized spacial score (nSPS) is 15.2. The minimum absolute atomic E-state index is 0.317. The number of esters is 1. The Balaban J connectivity index is 1.44. The summed E-state index contributed by atoms with van der Waals surface area (Å²) in [6.07, 6.45) is 3.16. The summed E-state index contributed by atoms with van der Waals surface area (Å²) >= 11 is 6.33. The van der Waals surface area contributed by atoms with Crippen LogP contribution in [-0.2, 0) is 20.7 Å². The van der Waals surface area contributed by atoms with Crippen LogP contribution in [0.3, 0.4) is 0 Å². The quantitative estimate of drug-likeness (QED) is 0.443. The molecule has 2 aromatic carbocycles. The Morgan fingerprint density at radius 1 is 1.09 bits per heavy atom. The number of nitrogens with zero attached hydrogens (tertiary/aromatic N) is 1. The number of hydrogen-bond acceptors (Lipinski definition) is 5. The molecule has 0 fully saturated rings. The van der Waals surface area contributed by atoms with Gasteiger partial charge in [0, 0.05) is 37.7 Å². The highest BCUT2D eigenvalue weighted by atomic mass is 35.5. The van der Waals surface area contributed by atoms with Crippen LogP contribution in [0.2, 0.25) is 5.02 Å². The first-order valence-corrected chi connectivity index (χ1v) is 11.6. The van der Waals surface area contributed by atoms with E-state index in [9.17, 15) is 4.79 Å². The molecular weight excluding hydrogens is 426 g/mol. The van der Waals surface area contributed by atoms with Gasteiger partial charge in [0.1, 0.15) is 12.4 Å². The lowest BCUT2D eigenvalue weighted by Gasteiger charge is -2.26. The third-order valence-corrected chi connectivity index (χ3v) is 5.78. The van der Waals surface area contributed by atoms with Crippen molar-refractivity contribution in [1.82, 2.24) is 4.90 Å². The number of hydrogen-bond donors (Lipinski definition) is 0. The van der Waals surface area contributed by atoms with Gasteiger partial charge in [0.2, 0.25) is 0 Å². The number of ether oxygens (including phenoxy) is 3. The summed E-state index contributed by atoms with van der Waals surface area (Å²) in [6, 6.07) is 15.8. The van der Waals surface area contributed by atoms with Crippen LogP contribution in [0.1, 0.15) is 31.4 Å². The molecule has 32 heavy (non-hydrogen) atoms. The number of halogens is 1. The second-order valence-electron chi connectivity index (χ2n) is 7.65. The minimum atomic E-state index is -0.575. The Bertz CT molecular complexity index is 897. The molecule has 3 rings (SSSR count). The van der Waals surface area contributed by atoms with Gasteiger partial charge in [-0.1, -0.05) is 48.0 Å². The third kappa shape index (κ3) is 7.09. The fourth-order valence-electron chi connectivity index (χ4n) is 3.76. The Morgan fingerprint density at radius 2 is 1.88 bits per heavy atom. The number of rotatable bonds is 11. The van der Waals surface area contributed by atoms with Gasteiger partial charge in [-0.15, -0.1) is 0 Å². The van der Waals surface area contributed by atoms with Crippen LogP contribution in [0.4, 0.5) is 0 Å². The lowest BCUT2D eigenvalue weighted by molar-refractivity contribution is -0.156. The van der Waals surface area contributed by atoms with Crippen LogP contribution < -0.4 is 4.74 Å². The van der Waals surface area contributed by atoms with Gasteiger partial charge in [0.05, 0.1) is 6.61 Å². The first kappa shape index (κ1) is 24.3. The van der Waals surface area contributed by atoms with Crippen molar-refractivity contribution in [2.45, 2.75) is 32.8 Å². The Morgan fingerprint density at radius 3 is 2.53 bits per heavy atom. The average Bonchev–Trinajstić information content (AvgIpc) is 2.81. The molecule has 172 valence electrons. The second kappa shape index (κ2) is 12.6. The van der Waals surface area contributed by atoms with Gasteiger partial charge in [0.15, 0.2) is 6.10 Å². The van der Waals surface area contributed by atoms with E-state index in [0.29, 0.717) is 26.2 Å². The zero-order chi connectivity index (χ0) is 22.8. The lowest BCUT2D eigenvalue weighted by atomic mass is 9.99. The molecule has 0 amide bonds. The third-order valence-electron chi connectivity index (χ3n) is 5.45. The summed E-state index contributed by atoms with van der Waals surface area (Å²) < 4.78 is 16.6. The first-order valence-electron chi connectivity index (χ1n) is 11.3. The molecule has 0 aromatic heterocycles. The number of carbonyl (C=O) groups is 1. The molecule has 0 bridgehead atoms. The van der Waals surface area contributed by atoms with E-state index >= 15 is 0 Å². The smallest absolute Gasteiger partial charge is 0.335 e. The molecule has 1 heterocycles. The maximum absolute atomic E-state index is 12.0. The van der Waals surface area contributed by atoms with Crippen LogP contribution in [0, 0.1) is 0 Å². The molecule has 5 nitrogen and oxygen atoms in total. The molecule has 2 aromatic rings. The molecule has 1 aliphatic rings. The number of carbonyl (C=O) groups excluding carboxylic acids is 1. The van der Waals surface area contributed by atoms with Crippen LogP contribution in [0.25, 0.3) is 5.57 Å². The van der Waals surface area contributed by atoms with E-state index in [1.807, 2.05) is 49.4 Å². The van der Waals surface area contributed by atoms with Gasteiger partial charge < -0.3 is 14.2 Å². The molecule has 0 N–H and O–H groups in total. The number of benzene rings is 2. The van der Waals surface area contributed by atoms with E-state index in [4.69, 9.17) is 25.8 Å². The zero-order valence-corrected chi connectivity index (χ0v) is 19.6. The van der Waals surface area contributed by atoms with Gasteiger partial charge in [-0.3, -0.25) is 4.90 Å². The molecule has 0 saturated heterocycles. The van der Waals surface area contributed by atoms with E-state index in [2.05, 4.69) is 17.0 Å². The van der Waals surface area contributed by atoms with Crippen molar-refractivity contribution in [3.63, 3.8) is 0 Å². The minimum Gasteiger partial charge on any atom is -0.492 e. The van der Waals surface area contributed by atoms with Gasteiger partial charge in [-0.05, 0) is 55.2 Å². The molecule has 0 spiro atoms. The standard InChI is InChI=1S/C26H32ClNO4/c1-3-30-25(26(29)31-4-2)19-20-9-11-22(12-10-20)32-18-17-28-15-13-21(14-16-28)23-7-5-6-8-24(23)27/h5-13,25H,3-4,14-19H2,1-2H3. The van der Waals surface area contributed by atoms with E-state index in [1.165, 1.54) is 5.57 Å². The van der Waals surface area contributed by atoms with E-state index in [1.54, 1.807) is 6.92 Å². The average molecular weight is 458 g/mol. The maximum Gasteiger partial charge on any atom is 0.335 e. The van der Waals surface area contributed by atoms with Crippen molar-refractivity contribution in [3.05, 3.63) is 70.8 Å². The van der Waals surface area contributed by atoms with Gasteiger partial charge >= 0.3 is 5.97 Å². The fraction of sp³-hybridized carbons (Fsp3) is 0.423. The zero-order valence-electron chi connectivity index (χ0n) is 18.9. The van der Waals surface area contributed by atoms with Crippen molar-refractivity contribution >= 4 is 23.1 Å². The van der Waals surface area contributed by atoms with Gasteiger partial charge in [0.25, 0.3) is 0 Å². The molecule has 1 aliphatic heterocycles. The van der Waals surface area contributed by atoms with Crippen molar-refractivity contribution in [2.75, 3.05) is 39.5 Å². The van der Waals surface area contributed by atoms with Crippen molar-refractivity contribution in [2.24, 2.45) is 0 Å². The van der Waals surface area contributed by atoms with E-state index < -0.39 is 6.10 Å². The van der Waals surface area contributed by atoms with Crippen LogP contribution in [0.15, 0.2) is 54.6 Å². The summed E-state index contributed by atoms with van der Waals surface area (Å²) in [6.45, 7) is 7.87. The lowest BCUT2D eigenvalue weighted by Crippen LogP contribution is -2.32. The maximum atomic E-state index is 12.0. The molecule has 1 unspecified atom stereocenters. The highest BCUT2D eigenvalue weighted by Gasteiger charge is 2.20. The van der Waals surface area contributed by atoms with Gasteiger partial charge in [-0.25, -0.2) is 4.79 Å². The predicted molar refractivity (Wildman–Crippen MR) is 128 cm³/mol. The molecular formula is C26H32ClNO4. The topological polar surface area (TPSA) is 48.0 Å². The Hall–Kier alpha value is -2.34. The van der Waals surface area contributed by atoms with Crippen molar-refractivity contribution in [3.8, 4) is 5.75 Å². The Labute approximate surface area is 195 Å². The van der Waals surface area contributed by atoms with Gasteiger partial charge in [-0.2, -0.15) is 0 Å². The molecule has 0 aliphatic carbocycles. The highest BCUT2D eigenvalue weighted by molar-refractivity contribution is 6.32. The summed E-state index contributed by atoms with van der Waals surface area (Å²) in [7, 11) is 0. The van der Waals surface area contributed by atoms with E-state index in [0.717, 1.165) is 48.0 Å². The summed E-state index contributed by atoms with van der Waals surface area (Å²) in [5, 5.41) is 0.814. The molecule has 0 saturated carbocycles. The predicted octanol–water partition coefficient (Wildman–Crippen LogP) is 5.02. The van der Waals surface area contributed by atoms with Crippen LogP contribution in [0.5, 0.6) is 5.75 Å². The van der Waals surface area contributed by atoms with Crippen molar-refractivity contribution < 1.29 is 19.0 Å². The Kier molecular flexibility index (Phi) is 9.60. The van der Waals surface area contributed by atoms with Crippen molar-refractivity contribution in [1.29, 1.82) is 0 Å². The highest BCUT2D eigenvalue weighted by Crippen LogP contribution is 2.28. The monoisotopic (exact) mass is 457 g/mol. The molecule has 0 radical (unpaired) electrons. The largest absolute Gasteiger partial charge is 0.492 e. The van der Waals surface area contributed by atoms with Crippen LogP contribution >= 0.6 is 11.6 Å². The first-order chi connectivity index (χ1) is 15.6.